The minimum Gasteiger partial charge on any atom is -0.553 e. The monoisotopic (exact) mass is 228 g/mol. The third-order valence-electron chi connectivity index (χ3n) is 2.32. The van der Waals surface area contributed by atoms with Crippen molar-refractivity contribution in [1.29, 1.82) is 0 Å². The summed E-state index contributed by atoms with van der Waals surface area (Å²) >= 11 is 0. The molecule has 1 aromatic heterocycles. The maximum atomic E-state index is 9.03. The number of imidazole rings is 1. The molecule has 5 heteroatoms. The van der Waals surface area contributed by atoms with Crippen LogP contribution in [-0.4, -0.2) is 17.8 Å². The second kappa shape index (κ2) is 7.73. The third-order valence-corrected chi connectivity index (χ3v) is 2.32. The Bertz CT molecular complexity index is 321. The molecule has 0 aliphatic rings. The van der Waals surface area contributed by atoms with Crippen LogP contribution in [0.25, 0.3) is 0 Å². The standard InChI is InChI=1S/C9H17N2.C2H4O3/c1-4-5-6-11-8-7-10(3)9(11)2;1-5-2(3)4/h7-8H,4-6H2,1-3H3;1H3,(H,3,4)/q+1;/p-1. The molecule has 0 spiro atoms. The van der Waals surface area contributed by atoms with E-state index in [0.717, 1.165) is 13.7 Å². The number of unbranched alkanes of at least 4 members (excludes halogenated alkanes) is 1. The predicted octanol–water partition coefficient (Wildman–Crippen LogP) is 0.397. The van der Waals surface area contributed by atoms with Crippen molar-refractivity contribution < 1.29 is 19.2 Å². The number of hydrogen-bond donors (Lipinski definition) is 0. The fourth-order valence-corrected chi connectivity index (χ4v) is 1.16. The molecule has 0 amide bonds. The van der Waals surface area contributed by atoms with Crippen molar-refractivity contribution in [3.8, 4) is 0 Å². The predicted molar refractivity (Wildman–Crippen MR) is 57.7 cm³/mol. The summed E-state index contributed by atoms with van der Waals surface area (Å²) < 4.78 is 8.00. The largest absolute Gasteiger partial charge is 0.553 e. The summed E-state index contributed by atoms with van der Waals surface area (Å²) in [6.07, 6.45) is 5.29. The van der Waals surface area contributed by atoms with Crippen molar-refractivity contribution in [2.24, 2.45) is 7.05 Å². The zero-order chi connectivity index (χ0) is 12.6. The highest BCUT2D eigenvalue weighted by atomic mass is 16.6. The van der Waals surface area contributed by atoms with Gasteiger partial charge in [-0.05, 0) is 6.42 Å². The Hall–Kier alpha value is -1.52. The van der Waals surface area contributed by atoms with E-state index in [1.165, 1.54) is 18.7 Å². The van der Waals surface area contributed by atoms with E-state index in [1.807, 2.05) is 0 Å². The van der Waals surface area contributed by atoms with Crippen LogP contribution < -0.4 is 9.67 Å². The Morgan fingerprint density at radius 2 is 2.19 bits per heavy atom. The zero-order valence-corrected chi connectivity index (χ0v) is 10.4. The smallest absolute Gasteiger partial charge is 0.253 e. The van der Waals surface area contributed by atoms with Gasteiger partial charge >= 0.3 is 0 Å². The number of hydrogen-bond acceptors (Lipinski definition) is 3. The number of ether oxygens (including phenoxy) is 1. The van der Waals surface area contributed by atoms with Crippen LogP contribution >= 0.6 is 0 Å². The highest BCUT2D eigenvalue weighted by Crippen LogP contribution is 1.91. The van der Waals surface area contributed by atoms with Gasteiger partial charge in [0.1, 0.15) is 12.4 Å². The molecule has 0 fully saturated rings. The molecule has 0 N–H and O–H groups in total. The van der Waals surface area contributed by atoms with E-state index < -0.39 is 6.16 Å². The molecule has 1 heterocycles. The molecule has 0 radical (unpaired) electrons. The summed E-state index contributed by atoms with van der Waals surface area (Å²) in [7, 11) is 3.12. The normalized spacial score (nSPS) is 9.25. The van der Waals surface area contributed by atoms with Gasteiger partial charge in [0.15, 0.2) is 0 Å². The van der Waals surface area contributed by atoms with Gasteiger partial charge in [0.2, 0.25) is 0 Å². The van der Waals surface area contributed by atoms with Gasteiger partial charge in [-0.2, -0.15) is 0 Å². The maximum absolute atomic E-state index is 9.03. The summed E-state index contributed by atoms with van der Waals surface area (Å²) in [6.45, 7) is 5.53. The first-order chi connectivity index (χ1) is 7.52. The average molecular weight is 228 g/mol. The number of aromatic nitrogens is 2. The van der Waals surface area contributed by atoms with Crippen molar-refractivity contribution >= 4 is 6.16 Å². The van der Waals surface area contributed by atoms with Gasteiger partial charge in [0.05, 0.1) is 13.6 Å². The molecule has 0 bridgehead atoms. The Morgan fingerprint density at radius 1 is 1.62 bits per heavy atom. The lowest BCUT2D eigenvalue weighted by molar-refractivity contribution is -0.702. The highest BCUT2D eigenvalue weighted by molar-refractivity contribution is 5.53. The number of methoxy groups -OCH3 is 1. The molecule has 0 saturated heterocycles. The van der Waals surface area contributed by atoms with Crippen LogP contribution in [-0.2, 0) is 18.3 Å². The molecule has 0 aromatic carbocycles. The van der Waals surface area contributed by atoms with Crippen LogP contribution in [0, 0.1) is 6.92 Å². The van der Waals surface area contributed by atoms with Gasteiger partial charge in [0.25, 0.3) is 12.0 Å². The van der Waals surface area contributed by atoms with E-state index in [2.05, 4.69) is 47.2 Å². The number of rotatable bonds is 3. The number of nitrogens with zero attached hydrogens (tertiary/aromatic N) is 2. The molecule has 0 saturated carbocycles. The average Bonchev–Trinajstić information content (AvgIpc) is 2.58. The molecule has 0 unspecified atom stereocenters. The fourth-order valence-electron chi connectivity index (χ4n) is 1.16. The van der Waals surface area contributed by atoms with Gasteiger partial charge in [-0.1, -0.05) is 13.3 Å². The first-order valence-electron chi connectivity index (χ1n) is 5.29. The minimum absolute atomic E-state index is 1.04. The molecule has 1 rings (SSSR count). The molecule has 0 aliphatic carbocycles. The Kier molecular flexibility index (Phi) is 7.00. The molecule has 0 aliphatic heterocycles. The van der Waals surface area contributed by atoms with Gasteiger partial charge in [-0.15, -0.1) is 0 Å². The van der Waals surface area contributed by atoms with Crippen molar-refractivity contribution in [3.63, 3.8) is 0 Å². The summed E-state index contributed by atoms with van der Waals surface area (Å²) in [5.41, 5.74) is 0. The van der Waals surface area contributed by atoms with Gasteiger partial charge < -0.3 is 14.6 Å². The SMILES string of the molecule is CCCC[n+]1ccn(C)c1C.COC(=O)[O-]. The fraction of sp³-hybridized carbons (Fsp3) is 0.636. The molecule has 1 aromatic rings. The summed E-state index contributed by atoms with van der Waals surface area (Å²) in [6, 6.07) is 0. The van der Waals surface area contributed by atoms with E-state index in [1.54, 1.807) is 0 Å². The Morgan fingerprint density at radius 3 is 2.50 bits per heavy atom. The Balaban J connectivity index is 0.000000385. The van der Waals surface area contributed by atoms with E-state index in [0.29, 0.717) is 0 Å². The van der Waals surface area contributed by atoms with Crippen LogP contribution in [0.3, 0.4) is 0 Å². The maximum Gasteiger partial charge on any atom is 0.253 e. The minimum atomic E-state index is -1.50. The van der Waals surface area contributed by atoms with Crippen molar-refractivity contribution in [2.75, 3.05) is 7.11 Å². The van der Waals surface area contributed by atoms with Crippen LogP contribution in [0.4, 0.5) is 4.79 Å². The number of carbonyl (C=O) groups excluding carboxylic acids is 1. The lowest BCUT2D eigenvalue weighted by Gasteiger charge is -1.95. The molecule has 5 nitrogen and oxygen atoms in total. The van der Waals surface area contributed by atoms with Crippen molar-refractivity contribution in [3.05, 3.63) is 18.2 Å². The molecular formula is C11H20N2O3. The molecular weight excluding hydrogens is 208 g/mol. The van der Waals surface area contributed by atoms with E-state index in [4.69, 9.17) is 9.90 Å². The molecule has 0 atom stereocenters. The van der Waals surface area contributed by atoms with Crippen LogP contribution in [0.2, 0.25) is 0 Å². The van der Waals surface area contributed by atoms with Crippen LogP contribution in [0.15, 0.2) is 12.4 Å². The van der Waals surface area contributed by atoms with Gasteiger partial charge in [0, 0.05) is 14.0 Å². The molecule has 16 heavy (non-hydrogen) atoms. The van der Waals surface area contributed by atoms with Crippen LogP contribution in [0.1, 0.15) is 25.6 Å². The first-order valence-corrected chi connectivity index (χ1v) is 5.29. The quantitative estimate of drug-likeness (QED) is 0.555. The van der Waals surface area contributed by atoms with E-state index in [-0.39, 0.29) is 0 Å². The van der Waals surface area contributed by atoms with E-state index >= 15 is 0 Å². The zero-order valence-electron chi connectivity index (χ0n) is 10.4. The first kappa shape index (κ1) is 14.5. The highest BCUT2D eigenvalue weighted by Gasteiger charge is 2.06. The lowest BCUT2D eigenvalue weighted by Crippen LogP contribution is -2.35. The number of carbonyl (C=O) groups is 1. The van der Waals surface area contributed by atoms with Crippen molar-refractivity contribution in [2.45, 2.75) is 33.2 Å². The van der Waals surface area contributed by atoms with Crippen LogP contribution in [0.5, 0.6) is 0 Å². The Labute approximate surface area is 96.3 Å². The number of carboxylic acid groups (broad SMARTS) is 1. The molecule has 92 valence electrons. The lowest BCUT2D eigenvalue weighted by atomic mass is 10.3. The van der Waals surface area contributed by atoms with Crippen molar-refractivity contribution in [1.82, 2.24) is 4.57 Å². The summed E-state index contributed by atoms with van der Waals surface area (Å²) in [5.74, 6) is 1.33. The second-order valence-electron chi connectivity index (χ2n) is 3.46. The summed E-state index contributed by atoms with van der Waals surface area (Å²) in [4.78, 5) is 9.03. The van der Waals surface area contributed by atoms with E-state index in [9.17, 15) is 0 Å². The third kappa shape index (κ3) is 5.38. The van der Waals surface area contributed by atoms with Gasteiger partial charge in [-0.25, -0.2) is 9.13 Å². The second-order valence-corrected chi connectivity index (χ2v) is 3.46. The number of aryl methyl sites for hydroxylation is 2. The van der Waals surface area contributed by atoms with Gasteiger partial charge in [-0.3, -0.25) is 0 Å². The summed E-state index contributed by atoms with van der Waals surface area (Å²) in [5, 5.41) is 9.03. The topological polar surface area (TPSA) is 58.2 Å².